The smallest absolute Gasteiger partial charge is 0.230 e. The van der Waals surface area contributed by atoms with Gasteiger partial charge < -0.3 is 15.9 Å². The number of aromatic nitrogens is 3. The van der Waals surface area contributed by atoms with Gasteiger partial charge in [0.15, 0.2) is 5.82 Å². The topological polar surface area (TPSA) is 95.1 Å². The number of methoxy groups -OCH3 is 1. The lowest BCUT2D eigenvalue weighted by Gasteiger charge is -2.16. The zero-order chi connectivity index (χ0) is 14.5. The van der Waals surface area contributed by atoms with E-state index in [0.29, 0.717) is 24.1 Å². The average molecular weight is 287 g/mol. The van der Waals surface area contributed by atoms with E-state index in [0.717, 1.165) is 0 Å². The van der Waals surface area contributed by atoms with Crippen molar-refractivity contribution in [3.8, 4) is 0 Å². The largest absolute Gasteiger partial charge is 0.383 e. The summed E-state index contributed by atoms with van der Waals surface area (Å²) in [4.78, 5) is 11.5. The molecule has 0 atom stereocenters. The van der Waals surface area contributed by atoms with Crippen LogP contribution in [0.5, 0.6) is 0 Å². The molecule has 0 aliphatic carbocycles. The molecule has 1 rings (SSSR count). The fraction of sp³-hybridized carbons (Fsp3) is 0.727. The Bertz CT molecular complexity index is 427. The molecule has 108 valence electrons. The summed E-state index contributed by atoms with van der Waals surface area (Å²) >= 11 is 1.26. The summed E-state index contributed by atoms with van der Waals surface area (Å²) in [5, 5.41) is 11.3. The maximum Gasteiger partial charge on any atom is 0.230 e. The van der Waals surface area contributed by atoms with Gasteiger partial charge in [0.1, 0.15) is 0 Å². The number of nitrogen functional groups attached to an aromatic ring is 1. The molecule has 8 heteroatoms. The Labute approximate surface area is 117 Å². The van der Waals surface area contributed by atoms with Crippen molar-refractivity contribution in [3.05, 3.63) is 5.82 Å². The van der Waals surface area contributed by atoms with Crippen LogP contribution >= 0.6 is 11.8 Å². The second kappa shape index (κ2) is 6.76. The highest BCUT2D eigenvalue weighted by Gasteiger charge is 2.23. The van der Waals surface area contributed by atoms with Crippen molar-refractivity contribution in [1.29, 1.82) is 0 Å². The Kier molecular flexibility index (Phi) is 5.61. The maximum atomic E-state index is 11.5. The minimum Gasteiger partial charge on any atom is -0.383 e. The molecule has 0 aromatic carbocycles. The minimum absolute atomic E-state index is 0.0811. The molecule has 19 heavy (non-hydrogen) atoms. The number of thioether (sulfide) groups is 1. The van der Waals surface area contributed by atoms with Gasteiger partial charge in [-0.2, -0.15) is 0 Å². The standard InChI is InChI=1S/C11H21N5O2S/c1-11(2,3)9-14-15-10(16(9)12)19-7-8(17)13-5-6-18-4/h5-7,12H2,1-4H3,(H,13,17). The molecule has 1 aromatic rings. The number of nitrogens with one attached hydrogen (secondary N) is 1. The second-order valence-corrected chi connectivity index (χ2v) is 6.00. The van der Waals surface area contributed by atoms with E-state index in [4.69, 9.17) is 10.6 Å². The summed E-state index contributed by atoms with van der Waals surface area (Å²) in [6.45, 7) is 7.01. The van der Waals surface area contributed by atoms with E-state index in [-0.39, 0.29) is 17.1 Å². The number of ether oxygens (including phenoxy) is 1. The maximum absolute atomic E-state index is 11.5. The van der Waals surface area contributed by atoms with Crippen molar-refractivity contribution in [2.45, 2.75) is 31.3 Å². The summed E-state index contributed by atoms with van der Waals surface area (Å²) in [6, 6.07) is 0. The first-order chi connectivity index (χ1) is 8.86. The van der Waals surface area contributed by atoms with Crippen LogP contribution in [-0.4, -0.2) is 46.8 Å². The van der Waals surface area contributed by atoms with Crippen molar-refractivity contribution < 1.29 is 9.53 Å². The molecule has 0 aliphatic rings. The number of carbonyl (C=O) groups is 1. The van der Waals surface area contributed by atoms with Gasteiger partial charge in [-0.15, -0.1) is 10.2 Å². The Morgan fingerprint density at radius 1 is 1.47 bits per heavy atom. The van der Waals surface area contributed by atoms with Crippen molar-refractivity contribution in [1.82, 2.24) is 20.2 Å². The Balaban J connectivity index is 2.50. The molecule has 1 amide bonds. The first-order valence-corrected chi connectivity index (χ1v) is 6.94. The van der Waals surface area contributed by atoms with Crippen LogP contribution in [0.15, 0.2) is 5.16 Å². The number of hydrogen-bond donors (Lipinski definition) is 2. The molecule has 0 bridgehead atoms. The minimum atomic E-state index is -0.179. The van der Waals surface area contributed by atoms with Gasteiger partial charge in [-0.1, -0.05) is 32.5 Å². The molecule has 0 saturated carbocycles. The van der Waals surface area contributed by atoms with Crippen LogP contribution in [0, 0.1) is 0 Å². The van der Waals surface area contributed by atoms with E-state index in [9.17, 15) is 4.79 Å². The van der Waals surface area contributed by atoms with Crippen LogP contribution in [0.25, 0.3) is 0 Å². The molecular formula is C11H21N5O2S. The molecule has 3 N–H and O–H groups in total. The van der Waals surface area contributed by atoms with Gasteiger partial charge in [-0.3, -0.25) is 4.79 Å². The third kappa shape index (κ3) is 4.71. The van der Waals surface area contributed by atoms with E-state index in [2.05, 4.69) is 15.5 Å². The predicted octanol–water partition coefficient (Wildman–Crippen LogP) is 0.144. The SMILES string of the molecule is COCCNC(=O)CSc1nnc(C(C)(C)C)n1N. The predicted molar refractivity (Wildman–Crippen MR) is 74.5 cm³/mol. The van der Waals surface area contributed by atoms with Gasteiger partial charge in [0, 0.05) is 19.1 Å². The van der Waals surface area contributed by atoms with Gasteiger partial charge in [0.25, 0.3) is 0 Å². The first kappa shape index (κ1) is 15.8. The average Bonchev–Trinajstić information content (AvgIpc) is 2.68. The third-order valence-corrected chi connectivity index (χ3v) is 3.24. The zero-order valence-electron chi connectivity index (χ0n) is 11.8. The Hall–Kier alpha value is -1.28. The van der Waals surface area contributed by atoms with E-state index >= 15 is 0 Å². The second-order valence-electron chi connectivity index (χ2n) is 5.06. The fourth-order valence-corrected chi connectivity index (χ4v) is 2.05. The van der Waals surface area contributed by atoms with Crippen LogP contribution in [0.4, 0.5) is 0 Å². The number of carbonyl (C=O) groups excluding carboxylic acids is 1. The lowest BCUT2D eigenvalue weighted by atomic mass is 9.96. The van der Waals surface area contributed by atoms with Gasteiger partial charge in [-0.25, -0.2) is 4.68 Å². The highest BCUT2D eigenvalue weighted by Crippen LogP contribution is 2.22. The van der Waals surface area contributed by atoms with Crippen LogP contribution in [0.2, 0.25) is 0 Å². The summed E-state index contributed by atoms with van der Waals surface area (Å²) in [7, 11) is 1.59. The van der Waals surface area contributed by atoms with Crippen LogP contribution < -0.4 is 11.2 Å². The van der Waals surface area contributed by atoms with E-state index in [1.807, 2.05) is 20.8 Å². The number of rotatable bonds is 6. The zero-order valence-corrected chi connectivity index (χ0v) is 12.6. The Morgan fingerprint density at radius 2 is 2.16 bits per heavy atom. The van der Waals surface area contributed by atoms with Gasteiger partial charge in [-0.05, 0) is 0 Å². The molecule has 7 nitrogen and oxygen atoms in total. The molecular weight excluding hydrogens is 266 g/mol. The highest BCUT2D eigenvalue weighted by molar-refractivity contribution is 7.99. The summed E-state index contributed by atoms with van der Waals surface area (Å²) in [5.74, 6) is 6.78. The normalized spacial score (nSPS) is 11.6. The molecule has 0 aliphatic heterocycles. The molecule has 0 radical (unpaired) electrons. The van der Waals surface area contributed by atoms with Crippen molar-refractivity contribution >= 4 is 17.7 Å². The molecule has 0 unspecified atom stereocenters. The summed E-state index contributed by atoms with van der Waals surface area (Å²) in [6.07, 6.45) is 0. The lowest BCUT2D eigenvalue weighted by Crippen LogP contribution is -2.29. The molecule has 1 aromatic heterocycles. The Morgan fingerprint density at radius 3 is 2.68 bits per heavy atom. The van der Waals surface area contributed by atoms with Crippen LogP contribution in [-0.2, 0) is 14.9 Å². The fourth-order valence-electron chi connectivity index (χ4n) is 1.36. The van der Waals surface area contributed by atoms with Crippen molar-refractivity contribution in [3.63, 3.8) is 0 Å². The molecule has 0 saturated heterocycles. The molecule has 1 heterocycles. The van der Waals surface area contributed by atoms with E-state index in [1.54, 1.807) is 7.11 Å². The summed E-state index contributed by atoms with van der Waals surface area (Å²) in [5.41, 5.74) is -0.179. The molecule has 0 fully saturated rings. The third-order valence-electron chi connectivity index (χ3n) is 2.30. The van der Waals surface area contributed by atoms with Crippen molar-refractivity contribution in [2.24, 2.45) is 0 Å². The van der Waals surface area contributed by atoms with Crippen molar-refractivity contribution in [2.75, 3.05) is 31.9 Å². The van der Waals surface area contributed by atoms with Gasteiger partial charge in [0.05, 0.1) is 12.4 Å². The lowest BCUT2D eigenvalue weighted by molar-refractivity contribution is -0.118. The van der Waals surface area contributed by atoms with Crippen LogP contribution in [0.3, 0.4) is 0 Å². The number of nitrogens with zero attached hydrogens (tertiary/aromatic N) is 3. The summed E-state index contributed by atoms with van der Waals surface area (Å²) < 4.78 is 6.28. The van der Waals surface area contributed by atoms with E-state index < -0.39 is 0 Å². The number of nitrogens with two attached hydrogens (primary N) is 1. The number of hydrogen-bond acceptors (Lipinski definition) is 6. The van der Waals surface area contributed by atoms with Gasteiger partial charge >= 0.3 is 0 Å². The quantitative estimate of drug-likeness (QED) is 0.439. The highest BCUT2D eigenvalue weighted by atomic mass is 32.2. The van der Waals surface area contributed by atoms with Crippen LogP contribution in [0.1, 0.15) is 26.6 Å². The van der Waals surface area contributed by atoms with E-state index in [1.165, 1.54) is 16.4 Å². The monoisotopic (exact) mass is 287 g/mol. The first-order valence-electron chi connectivity index (χ1n) is 5.95. The number of amides is 1. The van der Waals surface area contributed by atoms with Gasteiger partial charge in [0.2, 0.25) is 11.1 Å². The molecule has 0 spiro atoms.